The minimum atomic E-state index is 0.580. The minimum absolute atomic E-state index is 0.580. The summed E-state index contributed by atoms with van der Waals surface area (Å²) < 4.78 is 0. The lowest BCUT2D eigenvalue weighted by atomic mass is 10.3. The lowest BCUT2D eigenvalue weighted by Crippen LogP contribution is -1.92. The van der Waals surface area contributed by atoms with E-state index >= 15 is 0 Å². The maximum atomic E-state index is 5.81. The zero-order valence-electron chi connectivity index (χ0n) is 8.17. The average molecular weight is 216 g/mol. The Morgan fingerprint density at radius 2 is 2.23 bits per heavy atom. The summed E-state index contributed by atoms with van der Waals surface area (Å²) in [5, 5.41) is 0.580. The van der Waals surface area contributed by atoms with Gasteiger partial charge in [-0.3, -0.25) is 0 Å². The fraction of sp³-hybridized carbons (Fsp3) is 0.500. The first-order chi connectivity index (χ1) is 6.09. The molecule has 1 heterocycles. The highest BCUT2D eigenvalue weighted by atomic mass is 35.5. The molecule has 0 spiro atoms. The molecule has 0 saturated heterocycles. The van der Waals surface area contributed by atoms with Crippen LogP contribution in [-0.2, 0) is 0 Å². The van der Waals surface area contributed by atoms with E-state index in [0.717, 1.165) is 5.75 Å². The minimum Gasteiger partial charge on any atom is -0.244 e. The number of aryl methyl sites for hydroxylation is 1. The maximum absolute atomic E-state index is 5.81. The zero-order valence-corrected chi connectivity index (χ0v) is 9.75. The van der Waals surface area contributed by atoms with Crippen molar-refractivity contribution in [3.63, 3.8) is 0 Å². The van der Waals surface area contributed by atoms with Crippen LogP contribution in [0.5, 0.6) is 0 Å². The van der Waals surface area contributed by atoms with Gasteiger partial charge in [-0.1, -0.05) is 25.4 Å². The van der Waals surface area contributed by atoms with Gasteiger partial charge in [-0.05, 0) is 24.5 Å². The van der Waals surface area contributed by atoms with Gasteiger partial charge in [-0.2, -0.15) is 0 Å². The van der Waals surface area contributed by atoms with Gasteiger partial charge in [0.25, 0.3) is 0 Å². The summed E-state index contributed by atoms with van der Waals surface area (Å²) in [6.45, 7) is 6.49. The van der Waals surface area contributed by atoms with E-state index in [1.807, 2.05) is 24.0 Å². The predicted molar refractivity (Wildman–Crippen MR) is 59.5 cm³/mol. The quantitative estimate of drug-likeness (QED) is 0.562. The topological polar surface area (TPSA) is 12.9 Å². The van der Waals surface area contributed by atoms with E-state index in [4.69, 9.17) is 11.6 Å². The predicted octanol–water partition coefficient (Wildman–Crippen LogP) is 3.79. The third-order valence-corrected chi connectivity index (χ3v) is 3.38. The van der Waals surface area contributed by atoms with Gasteiger partial charge < -0.3 is 0 Å². The van der Waals surface area contributed by atoms with Gasteiger partial charge in [0.15, 0.2) is 0 Å². The van der Waals surface area contributed by atoms with Crippen LogP contribution in [0.4, 0.5) is 0 Å². The Morgan fingerprint density at radius 1 is 1.54 bits per heavy atom. The van der Waals surface area contributed by atoms with Crippen molar-refractivity contribution in [2.24, 2.45) is 5.92 Å². The number of pyridine rings is 1. The molecule has 1 aromatic heterocycles. The molecule has 0 aliphatic heterocycles. The number of thioether (sulfide) groups is 1. The number of rotatable bonds is 3. The molecule has 0 aromatic carbocycles. The van der Waals surface area contributed by atoms with Crippen molar-refractivity contribution in [1.29, 1.82) is 0 Å². The molecule has 0 aliphatic carbocycles. The third-order valence-electron chi connectivity index (χ3n) is 1.59. The van der Waals surface area contributed by atoms with Crippen LogP contribution in [0.1, 0.15) is 19.4 Å². The van der Waals surface area contributed by atoms with Crippen LogP contribution >= 0.6 is 23.4 Å². The van der Waals surface area contributed by atoms with Crippen LogP contribution in [0.25, 0.3) is 0 Å². The molecule has 1 rings (SSSR count). The molecule has 0 fully saturated rings. The van der Waals surface area contributed by atoms with E-state index in [1.54, 1.807) is 0 Å². The molecule has 0 bridgehead atoms. The van der Waals surface area contributed by atoms with Crippen molar-refractivity contribution < 1.29 is 0 Å². The van der Waals surface area contributed by atoms with Gasteiger partial charge >= 0.3 is 0 Å². The molecular weight excluding hydrogens is 202 g/mol. The second-order valence-corrected chi connectivity index (χ2v) is 4.93. The van der Waals surface area contributed by atoms with Gasteiger partial charge in [-0.25, -0.2) is 4.98 Å². The Labute approximate surface area is 88.9 Å². The smallest absolute Gasteiger partial charge is 0.130 e. The number of nitrogens with zero attached hydrogens (tertiary/aromatic N) is 1. The van der Waals surface area contributed by atoms with Gasteiger partial charge in [0, 0.05) is 16.8 Å². The van der Waals surface area contributed by atoms with Crippen molar-refractivity contribution in [3.05, 3.63) is 23.0 Å². The van der Waals surface area contributed by atoms with E-state index in [9.17, 15) is 0 Å². The highest BCUT2D eigenvalue weighted by Crippen LogP contribution is 2.25. The van der Waals surface area contributed by atoms with E-state index in [1.165, 1.54) is 10.5 Å². The van der Waals surface area contributed by atoms with Crippen LogP contribution in [0.2, 0.25) is 5.15 Å². The SMILES string of the molecule is Cc1cnc(Cl)cc1SCC(C)C. The third kappa shape index (κ3) is 3.57. The summed E-state index contributed by atoms with van der Waals surface area (Å²) >= 11 is 7.65. The fourth-order valence-electron chi connectivity index (χ4n) is 0.893. The Kier molecular flexibility index (Phi) is 4.07. The lowest BCUT2D eigenvalue weighted by molar-refractivity contribution is 0.750. The van der Waals surface area contributed by atoms with Crippen molar-refractivity contribution in [3.8, 4) is 0 Å². The first-order valence-corrected chi connectivity index (χ1v) is 5.71. The molecule has 3 heteroatoms. The van der Waals surface area contributed by atoms with Crippen molar-refractivity contribution in [2.75, 3.05) is 5.75 Å². The summed E-state index contributed by atoms with van der Waals surface area (Å²) in [7, 11) is 0. The molecule has 1 aromatic rings. The van der Waals surface area contributed by atoms with Gasteiger partial charge in [-0.15, -0.1) is 11.8 Å². The molecule has 0 amide bonds. The first-order valence-electron chi connectivity index (χ1n) is 4.34. The van der Waals surface area contributed by atoms with Gasteiger partial charge in [0.2, 0.25) is 0 Å². The second kappa shape index (κ2) is 4.87. The second-order valence-electron chi connectivity index (χ2n) is 3.48. The number of aromatic nitrogens is 1. The van der Waals surface area contributed by atoms with E-state index < -0.39 is 0 Å². The molecule has 0 radical (unpaired) electrons. The summed E-state index contributed by atoms with van der Waals surface area (Å²) in [5.41, 5.74) is 1.20. The Balaban J connectivity index is 2.70. The van der Waals surface area contributed by atoms with E-state index in [-0.39, 0.29) is 0 Å². The molecule has 0 aliphatic rings. The first kappa shape index (κ1) is 10.9. The highest BCUT2D eigenvalue weighted by Gasteiger charge is 2.02. The number of hydrogen-bond acceptors (Lipinski definition) is 2. The summed E-state index contributed by atoms with van der Waals surface area (Å²) in [6, 6.07) is 1.93. The zero-order chi connectivity index (χ0) is 9.84. The average Bonchev–Trinajstić information content (AvgIpc) is 2.06. The summed E-state index contributed by atoms with van der Waals surface area (Å²) in [4.78, 5) is 5.26. The summed E-state index contributed by atoms with van der Waals surface area (Å²) in [5.74, 6) is 1.83. The van der Waals surface area contributed by atoms with Crippen LogP contribution < -0.4 is 0 Å². The molecule has 0 N–H and O–H groups in total. The molecule has 0 saturated carbocycles. The van der Waals surface area contributed by atoms with Crippen LogP contribution in [0, 0.1) is 12.8 Å². The molecule has 0 atom stereocenters. The van der Waals surface area contributed by atoms with Crippen LogP contribution in [0.3, 0.4) is 0 Å². The monoisotopic (exact) mass is 215 g/mol. The standard InChI is InChI=1S/C10H14ClNS/c1-7(2)6-13-9-4-10(11)12-5-8(9)3/h4-5,7H,6H2,1-3H3. The van der Waals surface area contributed by atoms with Gasteiger partial charge in [0.05, 0.1) is 0 Å². The normalized spacial score (nSPS) is 10.8. The maximum Gasteiger partial charge on any atom is 0.130 e. The molecule has 72 valence electrons. The van der Waals surface area contributed by atoms with E-state index in [2.05, 4.69) is 25.8 Å². The van der Waals surface area contributed by atoms with Crippen LogP contribution in [0.15, 0.2) is 17.2 Å². The summed E-state index contributed by atoms with van der Waals surface area (Å²) in [6.07, 6.45) is 1.82. The lowest BCUT2D eigenvalue weighted by Gasteiger charge is -2.07. The highest BCUT2D eigenvalue weighted by molar-refractivity contribution is 7.99. The van der Waals surface area contributed by atoms with Gasteiger partial charge in [0.1, 0.15) is 5.15 Å². The molecule has 13 heavy (non-hydrogen) atoms. The molecule has 1 nitrogen and oxygen atoms in total. The fourth-order valence-corrected chi connectivity index (χ4v) is 2.10. The molecule has 0 unspecified atom stereocenters. The Hall–Kier alpha value is -0.210. The van der Waals surface area contributed by atoms with Crippen molar-refractivity contribution >= 4 is 23.4 Å². The Bertz CT molecular complexity index is 286. The number of halogens is 1. The van der Waals surface area contributed by atoms with Crippen molar-refractivity contribution in [1.82, 2.24) is 4.98 Å². The van der Waals surface area contributed by atoms with E-state index in [0.29, 0.717) is 11.1 Å². The van der Waals surface area contributed by atoms with Crippen molar-refractivity contribution in [2.45, 2.75) is 25.7 Å². The van der Waals surface area contributed by atoms with Crippen LogP contribution in [-0.4, -0.2) is 10.7 Å². The largest absolute Gasteiger partial charge is 0.244 e. The Morgan fingerprint density at radius 3 is 2.85 bits per heavy atom. The molecular formula is C10H14ClNS. The number of hydrogen-bond donors (Lipinski definition) is 0.